The van der Waals surface area contributed by atoms with Crippen LogP contribution in [0.3, 0.4) is 0 Å². The third-order valence-corrected chi connectivity index (χ3v) is 3.82. The number of aliphatic carboxylic acids is 1. The molecule has 5 nitrogen and oxygen atoms in total. The van der Waals surface area contributed by atoms with E-state index in [1.807, 2.05) is 30.3 Å². The summed E-state index contributed by atoms with van der Waals surface area (Å²) in [6.07, 6.45) is 3.17. The average Bonchev–Trinajstić information content (AvgIpc) is 2.42. The number of hydrogen-bond acceptors (Lipinski definition) is 3. The summed E-state index contributed by atoms with van der Waals surface area (Å²) in [6.45, 7) is 0.456. The first-order valence-corrected chi connectivity index (χ1v) is 7.24. The standard InChI is InChI=1S/C16H21NO4/c18-14(17-16(8-4-9-16)11-15(19)20)12-21-10-7-13-5-2-1-3-6-13/h1-3,5-6H,4,7-12H2,(H,17,18)(H,19,20). The quantitative estimate of drug-likeness (QED) is 0.716. The highest BCUT2D eigenvalue weighted by molar-refractivity contribution is 5.79. The third kappa shape index (κ3) is 4.86. The van der Waals surface area contributed by atoms with Crippen LogP contribution in [0.1, 0.15) is 31.2 Å². The Balaban J connectivity index is 1.66. The van der Waals surface area contributed by atoms with Crippen molar-refractivity contribution in [2.24, 2.45) is 0 Å². The number of ether oxygens (including phenoxy) is 1. The third-order valence-electron chi connectivity index (χ3n) is 3.82. The Bertz CT molecular complexity index is 482. The van der Waals surface area contributed by atoms with Crippen LogP contribution in [0.4, 0.5) is 0 Å². The molecule has 1 aromatic carbocycles. The maximum atomic E-state index is 11.8. The summed E-state index contributed by atoms with van der Waals surface area (Å²) < 4.78 is 5.36. The van der Waals surface area contributed by atoms with Gasteiger partial charge in [-0.25, -0.2) is 0 Å². The molecular weight excluding hydrogens is 270 g/mol. The first-order chi connectivity index (χ1) is 10.1. The van der Waals surface area contributed by atoms with Crippen molar-refractivity contribution >= 4 is 11.9 Å². The van der Waals surface area contributed by atoms with Gasteiger partial charge in [0.1, 0.15) is 6.61 Å². The molecule has 1 saturated carbocycles. The summed E-state index contributed by atoms with van der Waals surface area (Å²) in [6, 6.07) is 9.92. The molecule has 2 rings (SSSR count). The summed E-state index contributed by atoms with van der Waals surface area (Å²) in [5, 5.41) is 11.7. The molecule has 1 aliphatic rings. The topological polar surface area (TPSA) is 75.6 Å². The fourth-order valence-electron chi connectivity index (χ4n) is 2.57. The van der Waals surface area contributed by atoms with Crippen LogP contribution in [0.2, 0.25) is 0 Å². The van der Waals surface area contributed by atoms with Crippen molar-refractivity contribution in [3.8, 4) is 0 Å². The molecule has 0 radical (unpaired) electrons. The van der Waals surface area contributed by atoms with Crippen LogP contribution in [-0.2, 0) is 20.7 Å². The summed E-state index contributed by atoms with van der Waals surface area (Å²) >= 11 is 0. The van der Waals surface area contributed by atoms with Gasteiger partial charge in [0.05, 0.1) is 18.6 Å². The molecule has 0 saturated heterocycles. The maximum absolute atomic E-state index is 11.8. The van der Waals surface area contributed by atoms with Crippen molar-refractivity contribution in [3.63, 3.8) is 0 Å². The van der Waals surface area contributed by atoms with E-state index in [4.69, 9.17) is 9.84 Å². The number of rotatable bonds is 8. The Morgan fingerprint density at radius 1 is 1.24 bits per heavy atom. The first kappa shape index (κ1) is 15.5. The maximum Gasteiger partial charge on any atom is 0.305 e. The van der Waals surface area contributed by atoms with Crippen molar-refractivity contribution in [3.05, 3.63) is 35.9 Å². The molecule has 0 aromatic heterocycles. The van der Waals surface area contributed by atoms with Crippen LogP contribution < -0.4 is 5.32 Å². The number of benzene rings is 1. The lowest BCUT2D eigenvalue weighted by Crippen LogP contribution is -2.55. The SMILES string of the molecule is O=C(O)CC1(NC(=O)COCCc2ccccc2)CCC1. The van der Waals surface area contributed by atoms with E-state index in [0.717, 1.165) is 25.7 Å². The van der Waals surface area contributed by atoms with Crippen molar-refractivity contribution in [1.82, 2.24) is 5.32 Å². The molecule has 2 N–H and O–H groups in total. The molecule has 0 aliphatic heterocycles. The monoisotopic (exact) mass is 291 g/mol. The molecule has 0 bridgehead atoms. The molecule has 0 unspecified atom stereocenters. The lowest BCUT2D eigenvalue weighted by molar-refractivity contribution is -0.141. The van der Waals surface area contributed by atoms with Crippen molar-refractivity contribution in [2.45, 2.75) is 37.6 Å². The molecule has 5 heteroatoms. The van der Waals surface area contributed by atoms with Crippen LogP contribution in [0, 0.1) is 0 Å². The average molecular weight is 291 g/mol. The van der Waals surface area contributed by atoms with E-state index in [1.54, 1.807) is 0 Å². The van der Waals surface area contributed by atoms with Gasteiger partial charge in [-0.1, -0.05) is 30.3 Å². The van der Waals surface area contributed by atoms with E-state index in [2.05, 4.69) is 5.32 Å². The van der Waals surface area contributed by atoms with Gasteiger partial charge in [0.15, 0.2) is 0 Å². The van der Waals surface area contributed by atoms with Crippen LogP contribution in [0.5, 0.6) is 0 Å². The van der Waals surface area contributed by atoms with E-state index >= 15 is 0 Å². The fraction of sp³-hybridized carbons (Fsp3) is 0.500. The Morgan fingerprint density at radius 2 is 1.95 bits per heavy atom. The van der Waals surface area contributed by atoms with Crippen molar-refractivity contribution in [1.29, 1.82) is 0 Å². The number of nitrogens with one attached hydrogen (secondary N) is 1. The second-order valence-electron chi connectivity index (χ2n) is 5.54. The Kier molecular flexibility index (Phi) is 5.33. The Labute approximate surface area is 124 Å². The van der Waals surface area contributed by atoms with Gasteiger partial charge in [0, 0.05) is 0 Å². The second kappa shape index (κ2) is 7.22. The molecule has 21 heavy (non-hydrogen) atoms. The van der Waals surface area contributed by atoms with Crippen molar-refractivity contribution in [2.75, 3.05) is 13.2 Å². The molecule has 0 spiro atoms. The van der Waals surface area contributed by atoms with Gasteiger partial charge in [-0.2, -0.15) is 0 Å². The van der Waals surface area contributed by atoms with Gasteiger partial charge >= 0.3 is 5.97 Å². The van der Waals surface area contributed by atoms with E-state index in [1.165, 1.54) is 5.56 Å². The van der Waals surface area contributed by atoms with E-state index < -0.39 is 11.5 Å². The van der Waals surface area contributed by atoms with Gasteiger partial charge in [0.2, 0.25) is 5.91 Å². The normalized spacial score (nSPS) is 16.0. The zero-order valence-electron chi connectivity index (χ0n) is 12.0. The molecule has 1 fully saturated rings. The number of carbonyl (C=O) groups excluding carboxylic acids is 1. The van der Waals surface area contributed by atoms with Crippen LogP contribution in [0.15, 0.2) is 30.3 Å². The molecular formula is C16H21NO4. The lowest BCUT2D eigenvalue weighted by atomic mass is 9.74. The highest BCUT2D eigenvalue weighted by Gasteiger charge is 2.40. The smallest absolute Gasteiger partial charge is 0.305 e. The summed E-state index contributed by atoms with van der Waals surface area (Å²) in [5.74, 6) is -1.11. The van der Waals surface area contributed by atoms with E-state index in [-0.39, 0.29) is 18.9 Å². The van der Waals surface area contributed by atoms with Gasteiger partial charge in [-0.15, -0.1) is 0 Å². The first-order valence-electron chi connectivity index (χ1n) is 7.24. The number of carboxylic acids is 1. The predicted octanol–water partition coefficient (Wildman–Crippen LogP) is 1.76. The molecule has 1 amide bonds. The predicted molar refractivity (Wildman–Crippen MR) is 77.9 cm³/mol. The lowest BCUT2D eigenvalue weighted by Gasteiger charge is -2.41. The molecule has 0 heterocycles. The highest BCUT2D eigenvalue weighted by Crippen LogP contribution is 2.34. The summed E-state index contributed by atoms with van der Waals surface area (Å²) in [4.78, 5) is 22.6. The molecule has 114 valence electrons. The molecule has 1 aliphatic carbocycles. The number of amides is 1. The van der Waals surface area contributed by atoms with Gasteiger partial charge in [-0.3, -0.25) is 9.59 Å². The van der Waals surface area contributed by atoms with Gasteiger partial charge < -0.3 is 15.2 Å². The molecule has 0 atom stereocenters. The number of carbonyl (C=O) groups is 2. The zero-order valence-corrected chi connectivity index (χ0v) is 12.0. The Morgan fingerprint density at radius 3 is 2.52 bits per heavy atom. The second-order valence-corrected chi connectivity index (χ2v) is 5.54. The zero-order chi connectivity index (χ0) is 15.1. The van der Waals surface area contributed by atoms with Crippen LogP contribution in [-0.4, -0.2) is 35.7 Å². The summed E-state index contributed by atoms with van der Waals surface area (Å²) in [5.41, 5.74) is 0.616. The molecule has 1 aromatic rings. The Hall–Kier alpha value is -1.88. The number of carboxylic acid groups (broad SMARTS) is 1. The van der Waals surface area contributed by atoms with E-state index in [9.17, 15) is 9.59 Å². The van der Waals surface area contributed by atoms with E-state index in [0.29, 0.717) is 6.61 Å². The fourth-order valence-corrected chi connectivity index (χ4v) is 2.57. The minimum absolute atomic E-state index is 0.0112. The number of hydrogen-bond donors (Lipinski definition) is 2. The van der Waals surface area contributed by atoms with Crippen LogP contribution >= 0.6 is 0 Å². The summed E-state index contributed by atoms with van der Waals surface area (Å²) in [7, 11) is 0. The largest absolute Gasteiger partial charge is 0.481 e. The highest BCUT2D eigenvalue weighted by atomic mass is 16.5. The minimum atomic E-state index is -0.875. The van der Waals surface area contributed by atoms with Crippen LogP contribution in [0.25, 0.3) is 0 Å². The van der Waals surface area contributed by atoms with Crippen molar-refractivity contribution < 1.29 is 19.4 Å². The minimum Gasteiger partial charge on any atom is -0.481 e. The van der Waals surface area contributed by atoms with Gasteiger partial charge in [-0.05, 0) is 31.2 Å². The van der Waals surface area contributed by atoms with Gasteiger partial charge in [0.25, 0.3) is 0 Å².